The molecule has 0 amide bonds. The van der Waals surface area contributed by atoms with Crippen molar-refractivity contribution in [1.29, 1.82) is 0 Å². The van der Waals surface area contributed by atoms with E-state index in [1.54, 1.807) is 6.07 Å². The van der Waals surface area contributed by atoms with Crippen LogP contribution >= 0.6 is 15.9 Å². The van der Waals surface area contributed by atoms with Crippen molar-refractivity contribution in [3.63, 3.8) is 0 Å². The second kappa shape index (κ2) is 5.92. The minimum atomic E-state index is -0.918. The lowest BCUT2D eigenvalue weighted by molar-refractivity contribution is 0.0696. The van der Waals surface area contributed by atoms with Gasteiger partial charge in [0.05, 0.1) is 11.3 Å². The van der Waals surface area contributed by atoms with Crippen molar-refractivity contribution in [3.05, 3.63) is 28.2 Å². The van der Waals surface area contributed by atoms with Gasteiger partial charge in [0, 0.05) is 16.6 Å². The van der Waals surface area contributed by atoms with Gasteiger partial charge in [0.2, 0.25) is 0 Å². The zero-order chi connectivity index (χ0) is 14.0. The molecule has 1 saturated heterocycles. The molecule has 0 spiro atoms. The van der Waals surface area contributed by atoms with Gasteiger partial charge in [-0.15, -0.1) is 0 Å². The standard InChI is InChI=1S/C14H19BrN2O2/c1-9-4-3-5-10(2)17(9)16-11-6-7-12(14(18)19)13(15)8-11/h6-10,16H,3-5H2,1-2H3,(H,18,19). The molecular weight excluding hydrogens is 308 g/mol. The first kappa shape index (κ1) is 14.3. The molecule has 0 aliphatic carbocycles. The summed E-state index contributed by atoms with van der Waals surface area (Å²) >= 11 is 3.30. The zero-order valence-electron chi connectivity index (χ0n) is 11.2. The predicted molar refractivity (Wildman–Crippen MR) is 79.3 cm³/mol. The van der Waals surface area contributed by atoms with Crippen LogP contribution in [0.2, 0.25) is 0 Å². The maximum Gasteiger partial charge on any atom is 0.336 e. The first-order chi connectivity index (χ1) is 8.99. The molecule has 1 heterocycles. The molecule has 0 aromatic heterocycles. The van der Waals surface area contributed by atoms with Crippen molar-refractivity contribution >= 4 is 27.6 Å². The van der Waals surface area contributed by atoms with Gasteiger partial charge in [-0.2, -0.15) is 0 Å². The number of carboxylic acid groups (broad SMARTS) is 1. The predicted octanol–water partition coefficient (Wildman–Crippen LogP) is 3.74. The Balaban J connectivity index is 2.14. The van der Waals surface area contributed by atoms with E-state index in [1.165, 1.54) is 19.3 Å². The van der Waals surface area contributed by atoms with Gasteiger partial charge in [0.15, 0.2) is 0 Å². The van der Waals surface area contributed by atoms with E-state index in [4.69, 9.17) is 5.11 Å². The number of piperidine rings is 1. The Kier molecular flexibility index (Phi) is 4.47. The van der Waals surface area contributed by atoms with Crippen molar-refractivity contribution in [3.8, 4) is 0 Å². The molecule has 2 unspecified atom stereocenters. The first-order valence-electron chi connectivity index (χ1n) is 6.57. The summed E-state index contributed by atoms with van der Waals surface area (Å²) in [5.41, 5.74) is 4.59. The first-order valence-corrected chi connectivity index (χ1v) is 7.36. The van der Waals surface area contributed by atoms with Gasteiger partial charge in [0.25, 0.3) is 0 Å². The number of hydrazine groups is 1. The van der Waals surface area contributed by atoms with E-state index in [0.717, 1.165) is 5.69 Å². The molecule has 0 saturated carbocycles. The highest BCUT2D eigenvalue weighted by Crippen LogP contribution is 2.26. The summed E-state index contributed by atoms with van der Waals surface area (Å²) in [6.07, 6.45) is 3.64. The number of nitrogens with zero attached hydrogens (tertiary/aromatic N) is 1. The van der Waals surface area contributed by atoms with Gasteiger partial charge in [-0.3, -0.25) is 0 Å². The largest absolute Gasteiger partial charge is 0.478 e. The highest BCUT2D eigenvalue weighted by molar-refractivity contribution is 9.10. The lowest BCUT2D eigenvalue weighted by Crippen LogP contribution is -2.47. The molecule has 5 heteroatoms. The molecule has 0 bridgehead atoms. The average molecular weight is 327 g/mol. The minimum Gasteiger partial charge on any atom is -0.478 e. The number of benzene rings is 1. The second-order valence-corrected chi connectivity index (χ2v) is 6.00. The summed E-state index contributed by atoms with van der Waals surface area (Å²) in [6, 6.07) is 6.22. The monoisotopic (exact) mass is 326 g/mol. The Bertz CT molecular complexity index is 469. The van der Waals surface area contributed by atoms with Crippen LogP contribution in [0.1, 0.15) is 43.5 Å². The van der Waals surface area contributed by atoms with Crippen LogP contribution in [0.3, 0.4) is 0 Å². The highest BCUT2D eigenvalue weighted by Gasteiger charge is 2.24. The van der Waals surface area contributed by atoms with Crippen molar-refractivity contribution in [1.82, 2.24) is 5.01 Å². The van der Waals surface area contributed by atoms with Crippen molar-refractivity contribution in [2.75, 3.05) is 5.43 Å². The number of carbonyl (C=O) groups is 1. The molecule has 1 aromatic rings. The van der Waals surface area contributed by atoms with Crippen LogP contribution in [0.25, 0.3) is 0 Å². The number of nitrogens with one attached hydrogen (secondary N) is 1. The van der Waals surface area contributed by atoms with Crippen LogP contribution in [-0.2, 0) is 0 Å². The zero-order valence-corrected chi connectivity index (χ0v) is 12.8. The Morgan fingerprint density at radius 1 is 1.37 bits per heavy atom. The molecule has 2 atom stereocenters. The number of carboxylic acids is 1. The maximum absolute atomic E-state index is 11.0. The van der Waals surface area contributed by atoms with Crippen LogP contribution < -0.4 is 5.43 Å². The van der Waals surface area contributed by atoms with E-state index in [1.807, 2.05) is 12.1 Å². The number of hydrogen-bond donors (Lipinski definition) is 2. The molecule has 2 rings (SSSR count). The van der Waals surface area contributed by atoms with Crippen LogP contribution in [0.4, 0.5) is 5.69 Å². The molecule has 19 heavy (non-hydrogen) atoms. The molecule has 4 nitrogen and oxygen atoms in total. The van der Waals surface area contributed by atoms with Gasteiger partial charge in [-0.05, 0) is 60.8 Å². The molecule has 1 aliphatic rings. The van der Waals surface area contributed by atoms with E-state index in [0.29, 0.717) is 16.6 Å². The van der Waals surface area contributed by atoms with E-state index in [-0.39, 0.29) is 5.56 Å². The SMILES string of the molecule is CC1CCCC(C)N1Nc1ccc(C(=O)O)c(Br)c1. The van der Waals surface area contributed by atoms with E-state index < -0.39 is 5.97 Å². The van der Waals surface area contributed by atoms with Crippen molar-refractivity contribution in [2.45, 2.75) is 45.2 Å². The van der Waals surface area contributed by atoms with Gasteiger partial charge >= 0.3 is 5.97 Å². The Labute approximate surface area is 121 Å². The number of rotatable bonds is 3. The Morgan fingerprint density at radius 2 is 2.00 bits per heavy atom. The number of anilines is 1. The van der Waals surface area contributed by atoms with Crippen molar-refractivity contribution < 1.29 is 9.90 Å². The summed E-state index contributed by atoms with van der Waals surface area (Å²) in [5, 5.41) is 11.3. The summed E-state index contributed by atoms with van der Waals surface area (Å²) in [5.74, 6) is -0.918. The maximum atomic E-state index is 11.0. The van der Waals surface area contributed by atoms with Gasteiger partial charge in [-0.25, -0.2) is 9.80 Å². The van der Waals surface area contributed by atoms with E-state index >= 15 is 0 Å². The van der Waals surface area contributed by atoms with Gasteiger partial charge in [-0.1, -0.05) is 6.42 Å². The lowest BCUT2D eigenvalue weighted by Gasteiger charge is -2.39. The van der Waals surface area contributed by atoms with E-state index in [9.17, 15) is 4.79 Å². The van der Waals surface area contributed by atoms with Gasteiger partial charge in [0.1, 0.15) is 0 Å². The fourth-order valence-electron chi connectivity index (χ4n) is 2.55. The average Bonchev–Trinajstić information content (AvgIpc) is 2.33. The highest BCUT2D eigenvalue weighted by atomic mass is 79.9. The van der Waals surface area contributed by atoms with Crippen LogP contribution in [0.15, 0.2) is 22.7 Å². The van der Waals surface area contributed by atoms with Crippen LogP contribution in [0, 0.1) is 0 Å². The Morgan fingerprint density at radius 3 is 2.53 bits per heavy atom. The Hall–Kier alpha value is -1.07. The summed E-state index contributed by atoms with van der Waals surface area (Å²) in [7, 11) is 0. The molecule has 1 fully saturated rings. The molecule has 0 radical (unpaired) electrons. The molecule has 104 valence electrons. The normalized spacial score (nSPS) is 24.2. The number of hydrogen-bond acceptors (Lipinski definition) is 3. The summed E-state index contributed by atoms with van der Waals surface area (Å²) in [4.78, 5) is 11.0. The second-order valence-electron chi connectivity index (χ2n) is 5.15. The summed E-state index contributed by atoms with van der Waals surface area (Å²) < 4.78 is 0.599. The molecule has 1 aliphatic heterocycles. The minimum absolute atomic E-state index is 0.283. The molecular formula is C14H19BrN2O2. The quantitative estimate of drug-likeness (QED) is 0.888. The lowest BCUT2D eigenvalue weighted by atomic mass is 10.00. The number of halogens is 1. The fourth-order valence-corrected chi connectivity index (χ4v) is 3.10. The summed E-state index contributed by atoms with van der Waals surface area (Å²) in [6.45, 7) is 4.42. The third-order valence-electron chi connectivity index (χ3n) is 3.65. The third-order valence-corrected chi connectivity index (χ3v) is 4.31. The molecule has 2 N–H and O–H groups in total. The third kappa shape index (κ3) is 3.28. The number of aromatic carboxylic acids is 1. The topological polar surface area (TPSA) is 52.6 Å². The van der Waals surface area contributed by atoms with Crippen molar-refractivity contribution in [2.24, 2.45) is 0 Å². The van der Waals surface area contributed by atoms with E-state index in [2.05, 4.69) is 40.2 Å². The fraction of sp³-hybridized carbons (Fsp3) is 0.500. The van der Waals surface area contributed by atoms with Gasteiger partial charge < -0.3 is 10.5 Å². The molecule has 1 aromatic carbocycles. The van der Waals surface area contributed by atoms with Crippen LogP contribution in [-0.4, -0.2) is 28.2 Å². The smallest absolute Gasteiger partial charge is 0.336 e. The van der Waals surface area contributed by atoms with Crippen LogP contribution in [0.5, 0.6) is 0 Å².